The van der Waals surface area contributed by atoms with Crippen LogP contribution < -0.4 is 5.32 Å². The lowest BCUT2D eigenvalue weighted by Crippen LogP contribution is -2.46. The molecule has 2 aliphatic heterocycles. The third-order valence-electron chi connectivity index (χ3n) is 5.47. The first-order chi connectivity index (χ1) is 11.7. The summed E-state index contributed by atoms with van der Waals surface area (Å²) in [5, 5.41) is 3.48. The van der Waals surface area contributed by atoms with E-state index < -0.39 is 0 Å². The lowest BCUT2D eigenvalue weighted by atomic mass is 10.00. The molecule has 24 heavy (non-hydrogen) atoms. The minimum absolute atomic E-state index is 0.873. The molecule has 0 radical (unpaired) electrons. The second-order valence-corrected chi connectivity index (χ2v) is 7.39. The molecule has 0 aliphatic carbocycles. The summed E-state index contributed by atoms with van der Waals surface area (Å²) in [6, 6.07) is 0. The fourth-order valence-electron chi connectivity index (χ4n) is 3.61. The van der Waals surface area contributed by atoms with E-state index in [1.807, 2.05) is 0 Å². The van der Waals surface area contributed by atoms with E-state index in [0.29, 0.717) is 0 Å². The summed E-state index contributed by atoms with van der Waals surface area (Å²) in [5.41, 5.74) is 0. The molecule has 0 aromatic rings. The highest BCUT2D eigenvalue weighted by molar-refractivity contribution is 5.80. The minimum Gasteiger partial charge on any atom is -0.357 e. The van der Waals surface area contributed by atoms with Crippen molar-refractivity contribution < 1.29 is 0 Å². The molecule has 0 atom stereocenters. The van der Waals surface area contributed by atoms with Gasteiger partial charge in [-0.15, -0.1) is 0 Å². The van der Waals surface area contributed by atoms with Gasteiger partial charge in [-0.05, 0) is 51.6 Å². The number of guanidine groups is 1. The molecule has 2 rings (SSSR count). The molecule has 5 nitrogen and oxygen atoms in total. The Balaban J connectivity index is 1.63. The predicted molar refractivity (Wildman–Crippen MR) is 104 cm³/mol. The molecule has 5 heteroatoms. The number of unbranched alkanes of at least 4 members (excludes halogenated alkanes) is 1. The first kappa shape index (κ1) is 19.5. The number of likely N-dealkylation sites (N-methyl/N-ethyl adjacent to an activating group) is 1. The summed E-state index contributed by atoms with van der Waals surface area (Å²) in [6.07, 6.45) is 5.07. The summed E-state index contributed by atoms with van der Waals surface area (Å²) in [7, 11) is 0. The van der Waals surface area contributed by atoms with Gasteiger partial charge in [0.2, 0.25) is 0 Å². The Hall–Kier alpha value is -0.810. The Bertz CT molecular complexity index is 355. The lowest BCUT2D eigenvalue weighted by Gasteiger charge is -2.34. The quantitative estimate of drug-likeness (QED) is 0.438. The molecule has 0 saturated carbocycles. The lowest BCUT2D eigenvalue weighted by molar-refractivity contribution is 0.136. The van der Waals surface area contributed by atoms with Crippen LogP contribution in [0.15, 0.2) is 4.99 Å². The molecular weight excluding hydrogens is 298 g/mol. The highest BCUT2D eigenvalue weighted by Crippen LogP contribution is 2.16. The number of nitrogens with zero attached hydrogens (tertiary/aromatic N) is 4. The number of likely N-dealkylation sites (tertiary alicyclic amines) is 1. The van der Waals surface area contributed by atoms with Crippen molar-refractivity contribution in [3.05, 3.63) is 0 Å². The first-order valence-electron chi connectivity index (χ1n) is 10.2. The van der Waals surface area contributed by atoms with E-state index in [1.165, 1.54) is 65.0 Å². The number of piperazine rings is 1. The second-order valence-electron chi connectivity index (χ2n) is 7.39. The van der Waals surface area contributed by atoms with E-state index in [2.05, 4.69) is 40.8 Å². The number of rotatable bonds is 7. The fourth-order valence-corrected chi connectivity index (χ4v) is 3.61. The van der Waals surface area contributed by atoms with Crippen molar-refractivity contribution in [3.63, 3.8) is 0 Å². The number of nitrogens with one attached hydrogen (secondary N) is 1. The molecule has 2 fully saturated rings. The number of piperidine rings is 1. The van der Waals surface area contributed by atoms with Gasteiger partial charge < -0.3 is 20.0 Å². The van der Waals surface area contributed by atoms with Gasteiger partial charge in [0.1, 0.15) is 0 Å². The van der Waals surface area contributed by atoms with Crippen LogP contribution in [0.2, 0.25) is 0 Å². The van der Waals surface area contributed by atoms with Gasteiger partial charge in [-0.25, -0.2) is 0 Å². The third kappa shape index (κ3) is 6.60. The molecule has 2 saturated heterocycles. The van der Waals surface area contributed by atoms with Gasteiger partial charge in [-0.3, -0.25) is 4.99 Å². The highest BCUT2D eigenvalue weighted by atomic mass is 15.3. The van der Waals surface area contributed by atoms with Crippen molar-refractivity contribution >= 4 is 5.96 Å². The summed E-state index contributed by atoms with van der Waals surface area (Å²) >= 11 is 0. The number of aliphatic imine (C=N–C) groups is 1. The zero-order valence-corrected chi connectivity index (χ0v) is 16.3. The molecule has 1 N–H and O–H groups in total. The molecule has 2 aliphatic rings. The van der Waals surface area contributed by atoms with Crippen LogP contribution in [0.3, 0.4) is 0 Å². The minimum atomic E-state index is 0.873. The Labute approximate surface area is 149 Å². The van der Waals surface area contributed by atoms with E-state index in [9.17, 15) is 0 Å². The topological polar surface area (TPSA) is 34.1 Å². The molecule has 0 aromatic carbocycles. The summed E-state index contributed by atoms with van der Waals surface area (Å²) in [6.45, 7) is 18.4. The molecule has 2 heterocycles. The van der Waals surface area contributed by atoms with Crippen LogP contribution in [0.1, 0.15) is 46.5 Å². The molecule has 140 valence electrons. The van der Waals surface area contributed by atoms with Crippen LogP contribution in [-0.2, 0) is 0 Å². The normalized spacial score (nSPS) is 22.1. The number of hydrogen-bond acceptors (Lipinski definition) is 3. The van der Waals surface area contributed by atoms with Crippen molar-refractivity contribution in [2.75, 3.05) is 65.4 Å². The van der Waals surface area contributed by atoms with Gasteiger partial charge in [0.05, 0.1) is 0 Å². The first-order valence-corrected chi connectivity index (χ1v) is 10.2. The maximum atomic E-state index is 4.87. The molecule has 0 spiro atoms. The van der Waals surface area contributed by atoms with Crippen molar-refractivity contribution in [3.8, 4) is 0 Å². The molecule has 0 bridgehead atoms. The fraction of sp³-hybridized carbons (Fsp3) is 0.947. The molecule has 0 aromatic heterocycles. The largest absolute Gasteiger partial charge is 0.357 e. The van der Waals surface area contributed by atoms with Crippen LogP contribution in [0.5, 0.6) is 0 Å². The zero-order chi connectivity index (χ0) is 17.2. The maximum Gasteiger partial charge on any atom is 0.193 e. The van der Waals surface area contributed by atoms with Gasteiger partial charge >= 0.3 is 0 Å². The summed E-state index contributed by atoms with van der Waals surface area (Å²) < 4.78 is 0. The van der Waals surface area contributed by atoms with Crippen LogP contribution in [0.25, 0.3) is 0 Å². The van der Waals surface area contributed by atoms with E-state index in [-0.39, 0.29) is 0 Å². The Morgan fingerprint density at radius 3 is 2.25 bits per heavy atom. The standard InChI is InChI=1S/C19H39N5/c1-4-20-19(24-12-8-18(3)9-13-24)21-10-6-7-11-23-16-14-22(5-2)15-17-23/h18H,4-17H2,1-3H3,(H,20,21). The van der Waals surface area contributed by atoms with Gasteiger partial charge in [0.25, 0.3) is 0 Å². The zero-order valence-electron chi connectivity index (χ0n) is 16.3. The van der Waals surface area contributed by atoms with Crippen LogP contribution in [-0.4, -0.2) is 86.1 Å². The van der Waals surface area contributed by atoms with E-state index >= 15 is 0 Å². The summed E-state index contributed by atoms with van der Waals surface area (Å²) in [4.78, 5) is 12.5. The van der Waals surface area contributed by atoms with E-state index in [0.717, 1.165) is 38.1 Å². The summed E-state index contributed by atoms with van der Waals surface area (Å²) in [5.74, 6) is 2.01. The molecular formula is C19H39N5. The smallest absolute Gasteiger partial charge is 0.193 e. The van der Waals surface area contributed by atoms with Gasteiger partial charge in [0, 0.05) is 52.4 Å². The SMILES string of the molecule is CCNC(=NCCCCN1CCN(CC)CC1)N1CCC(C)CC1. The monoisotopic (exact) mass is 337 g/mol. The van der Waals surface area contributed by atoms with Crippen molar-refractivity contribution in [1.82, 2.24) is 20.0 Å². The van der Waals surface area contributed by atoms with Crippen LogP contribution in [0.4, 0.5) is 0 Å². The number of hydrogen-bond donors (Lipinski definition) is 1. The van der Waals surface area contributed by atoms with Crippen molar-refractivity contribution in [2.45, 2.75) is 46.5 Å². The second kappa shape index (κ2) is 10.9. The van der Waals surface area contributed by atoms with Gasteiger partial charge in [0.15, 0.2) is 5.96 Å². The van der Waals surface area contributed by atoms with E-state index in [1.54, 1.807) is 0 Å². The maximum absolute atomic E-state index is 4.87. The van der Waals surface area contributed by atoms with Gasteiger partial charge in [-0.2, -0.15) is 0 Å². The third-order valence-corrected chi connectivity index (χ3v) is 5.47. The van der Waals surface area contributed by atoms with Crippen molar-refractivity contribution in [2.24, 2.45) is 10.9 Å². The van der Waals surface area contributed by atoms with E-state index in [4.69, 9.17) is 4.99 Å². The highest BCUT2D eigenvalue weighted by Gasteiger charge is 2.18. The average molecular weight is 338 g/mol. The van der Waals surface area contributed by atoms with Crippen LogP contribution in [0, 0.1) is 5.92 Å². The van der Waals surface area contributed by atoms with Crippen molar-refractivity contribution in [1.29, 1.82) is 0 Å². The van der Waals surface area contributed by atoms with Crippen LogP contribution >= 0.6 is 0 Å². The molecule has 0 unspecified atom stereocenters. The Morgan fingerprint density at radius 2 is 1.62 bits per heavy atom. The average Bonchev–Trinajstić information content (AvgIpc) is 2.62. The Morgan fingerprint density at radius 1 is 0.958 bits per heavy atom. The Kier molecular flexibility index (Phi) is 8.89. The van der Waals surface area contributed by atoms with Gasteiger partial charge in [-0.1, -0.05) is 13.8 Å². The molecule has 0 amide bonds. The predicted octanol–water partition coefficient (Wildman–Crippen LogP) is 2.10.